The molecule has 1 aromatic rings. The Hall–Kier alpha value is -0.750. The summed E-state index contributed by atoms with van der Waals surface area (Å²) in [7, 11) is 0. The van der Waals surface area contributed by atoms with Crippen LogP contribution in [0.25, 0.3) is 6.08 Å². The van der Waals surface area contributed by atoms with Gasteiger partial charge in [-0.2, -0.15) is 0 Å². The molecule has 0 aliphatic rings. The van der Waals surface area contributed by atoms with Crippen molar-refractivity contribution in [2.24, 2.45) is 0 Å². The van der Waals surface area contributed by atoms with E-state index in [9.17, 15) is 0 Å². The summed E-state index contributed by atoms with van der Waals surface area (Å²) < 4.78 is 0. The van der Waals surface area contributed by atoms with Gasteiger partial charge >= 0.3 is 0 Å². The van der Waals surface area contributed by atoms with Gasteiger partial charge in [0.15, 0.2) is 0 Å². The van der Waals surface area contributed by atoms with E-state index in [4.69, 9.17) is 11.6 Å². The van der Waals surface area contributed by atoms with Crippen LogP contribution in [0.5, 0.6) is 0 Å². The number of rotatable bonds is 1. The van der Waals surface area contributed by atoms with Crippen LogP contribution in [0, 0.1) is 6.92 Å². The fourth-order valence-corrected chi connectivity index (χ4v) is 0.977. The average molecular weight is 153 g/mol. The zero-order valence-corrected chi connectivity index (χ0v) is 6.60. The molecule has 10 heavy (non-hydrogen) atoms. The third kappa shape index (κ3) is 1.61. The van der Waals surface area contributed by atoms with Crippen LogP contribution in [0.4, 0.5) is 0 Å². The number of halogens is 1. The SMILES string of the molecule is Cc1ccccc1/C=C/Cl. The van der Waals surface area contributed by atoms with Crippen LogP contribution in [0.2, 0.25) is 0 Å². The van der Waals surface area contributed by atoms with Gasteiger partial charge in [0.05, 0.1) is 0 Å². The van der Waals surface area contributed by atoms with Crippen molar-refractivity contribution in [1.82, 2.24) is 0 Å². The summed E-state index contributed by atoms with van der Waals surface area (Å²) in [5, 5.41) is 0. The molecule has 0 saturated carbocycles. The van der Waals surface area contributed by atoms with Gasteiger partial charge < -0.3 is 0 Å². The lowest BCUT2D eigenvalue weighted by Gasteiger charge is -1.95. The van der Waals surface area contributed by atoms with E-state index in [1.807, 2.05) is 24.3 Å². The molecule has 0 amide bonds. The molecule has 0 saturated heterocycles. The van der Waals surface area contributed by atoms with Crippen LogP contribution >= 0.6 is 11.6 Å². The summed E-state index contributed by atoms with van der Waals surface area (Å²) in [4.78, 5) is 0. The summed E-state index contributed by atoms with van der Waals surface area (Å²) in [6, 6.07) is 8.11. The maximum absolute atomic E-state index is 5.43. The first kappa shape index (κ1) is 7.36. The maximum atomic E-state index is 5.43. The Morgan fingerprint density at radius 3 is 2.60 bits per heavy atom. The lowest BCUT2D eigenvalue weighted by Crippen LogP contribution is -1.76. The fourth-order valence-electron chi connectivity index (χ4n) is 0.842. The van der Waals surface area contributed by atoms with Crippen LogP contribution in [0.15, 0.2) is 29.8 Å². The van der Waals surface area contributed by atoms with E-state index in [1.165, 1.54) is 16.7 Å². The molecule has 1 rings (SSSR count). The van der Waals surface area contributed by atoms with E-state index in [0.717, 1.165) is 0 Å². The summed E-state index contributed by atoms with van der Waals surface area (Å²) in [6.45, 7) is 2.06. The van der Waals surface area contributed by atoms with Crippen LogP contribution in [0.1, 0.15) is 11.1 Å². The first-order valence-electron chi connectivity index (χ1n) is 3.17. The number of hydrogen-bond donors (Lipinski definition) is 0. The molecule has 0 fully saturated rings. The van der Waals surface area contributed by atoms with Gasteiger partial charge in [0.25, 0.3) is 0 Å². The van der Waals surface area contributed by atoms with Crippen molar-refractivity contribution < 1.29 is 0 Å². The van der Waals surface area contributed by atoms with Crippen molar-refractivity contribution >= 4 is 17.7 Å². The monoisotopic (exact) mass is 152 g/mol. The Balaban J connectivity index is 3.03. The lowest BCUT2D eigenvalue weighted by molar-refractivity contribution is 1.45. The Labute approximate surface area is 66.1 Å². The second-order valence-corrected chi connectivity index (χ2v) is 2.40. The van der Waals surface area contributed by atoms with Crippen molar-refractivity contribution in [2.75, 3.05) is 0 Å². The lowest BCUT2D eigenvalue weighted by atomic mass is 10.1. The fraction of sp³-hybridized carbons (Fsp3) is 0.111. The van der Waals surface area contributed by atoms with E-state index in [-0.39, 0.29) is 0 Å². The first-order valence-corrected chi connectivity index (χ1v) is 3.60. The molecule has 0 radical (unpaired) electrons. The molecule has 0 unspecified atom stereocenters. The molecule has 52 valence electrons. The smallest absolute Gasteiger partial charge is 0.00485 e. The van der Waals surface area contributed by atoms with Crippen LogP contribution in [0.3, 0.4) is 0 Å². The summed E-state index contributed by atoms with van der Waals surface area (Å²) in [5.41, 5.74) is 3.96. The van der Waals surface area contributed by atoms with Crippen LogP contribution < -0.4 is 0 Å². The van der Waals surface area contributed by atoms with E-state index in [1.54, 1.807) is 0 Å². The maximum Gasteiger partial charge on any atom is 0.00485 e. The first-order chi connectivity index (χ1) is 4.84. The van der Waals surface area contributed by atoms with Crippen LogP contribution in [-0.2, 0) is 0 Å². The highest BCUT2D eigenvalue weighted by Crippen LogP contribution is 2.08. The predicted octanol–water partition coefficient (Wildman–Crippen LogP) is 3.20. The number of aryl methyl sites for hydroxylation is 1. The van der Waals surface area contributed by atoms with E-state index in [2.05, 4.69) is 13.0 Å². The molecular weight excluding hydrogens is 144 g/mol. The van der Waals surface area contributed by atoms with Gasteiger partial charge in [-0.1, -0.05) is 35.9 Å². The largest absolute Gasteiger partial charge is 0.0929 e. The van der Waals surface area contributed by atoms with Crippen molar-refractivity contribution in [3.63, 3.8) is 0 Å². The number of hydrogen-bond acceptors (Lipinski definition) is 0. The van der Waals surface area contributed by atoms with Gasteiger partial charge in [0, 0.05) is 5.54 Å². The molecule has 1 aromatic carbocycles. The molecule has 0 spiro atoms. The number of benzene rings is 1. The normalized spacial score (nSPS) is 10.6. The third-order valence-electron chi connectivity index (χ3n) is 1.43. The van der Waals surface area contributed by atoms with Gasteiger partial charge in [0.1, 0.15) is 0 Å². The Morgan fingerprint density at radius 2 is 2.00 bits per heavy atom. The molecule has 0 N–H and O–H groups in total. The zero-order chi connectivity index (χ0) is 7.40. The average Bonchev–Trinajstić information content (AvgIpc) is 1.94. The van der Waals surface area contributed by atoms with E-state index in [0.29, 0.717) is 0 Å². The third-order valence-corrected chi connectivity index (χ3v) is 1.56. The zero-order valence-electron chi connectivity index (χ0n) is 5.84. The second-order valence-electron chi connectivity index (χ2n) is 2.15. The van der Waals surface area contributed by atoms with Gasteiger partial charge in [-0.05, 0) is 24.1 Å². The highest BCUT2D eigenvalue weighted by Gasteiger charge is 1.88. The minimum atomic E-state index is 1.18. The van der Waals surface area contributed by atoms with Crippen LogP contribution in [-0.4, -0.2) is 0 Å². The van der Waals surface area contributed by atoms with Crippen molar-refractivity contribution in [3.05, 3.63) is 40.9 Å². The minimum absolute atomic E-state index is 1.18. The highest BCUT2D eigenvalue weighted by molar-refractivity contribution is 6.27. The Morgan fingerprint density at radius 1 is 1.30 bits per heavy atom. The molecule has 0 nitrogen and oxygen atoms in total. The molecule has 0 bridgehead atoms. The molecule has 0 aromatic heterocycles. The summed E-state index contributed by atoms with van der Waals surface area (Å²) >= 11 is 5.43. The highest BCUT2D eigenvalue weighted by atomic mass is 35.5. The molecule has 0 atom stereocenters. The predicted molar refractivity (Wildman–Crippen MR) is 46.1 cm³/mol. The topological polar surface area (TPSA) is 0 Å². The van der Waals surface area contributed by atoms with Crippen molar-refractivity contribution in [2.45, 2.75) is 6.92 Å². The van der Waals surface area contributed by atoms with Crippen molar-refractivity contribution in [1.29, 1.82) is 0 Å². The molecule has 0 heterocycles. The quantitative estimate of drug-likeness (QED) is 0.580. The summed E-state index contributed by atoms with van der Waals surface area (Å²) in [6.07, 6.45) is 1.89. The second kappa shape index (κ2) is 3.43. The molecule has 1 heteroatoms. The molecule has 0 aliphatic heterocycles. The minimum Gasteiger partial charge on any atom is -0.0929 e. The molecular formula is C9H9Cl. The Bertz CT molecular complexity index is 238. The van der Waals surface area contributed by atoms with Gasteiger partial charge in [-0.3, -0.25) is 0 Å². The van der Waals surface area contributed by atoms with E-state index >= 15 is 0 Å². The van der Waals surface area contributed by atoms with E-state index < -0.39 is 0 Å². The van der Waals surface area contributed by atoms with Gasteiger partial charge in [-0.25, -0.2) is 0 Å². The van der Waals surface area contributed by atoms with Crippen molar-refractivity contribution in [3.8, 4) is 0 Å². The molecule has 0 aliphatic carbocycles. The Kier molecular flexibility index (Phi) is 2.52. The summed E-state index contributed by atoms with van der Waals surface area (Å²) in [5.74, 6) is 0. The standard InChI is InChI=1S/C9H9Cl/c1-8-4-2-3-5-9(8)6-7-10/h2-7H,1H3/b7-6+. The van der Waals surface area contributed by atoms with Gasteiger partial charge in [-0.15, -0.1) is 0 Å². The van der Waals surface area contributed by atoms with Gasteiger partial charge in [0.2, 0.25) is 0 Å².